The predicted octanol–water partition coefficient (Wildman–Crippen LogP) is 1.68. The Labute approximate surface area is 101 Å². The highest BCUT2D eigenvalue weighted by Crippen LogP contribution is 2.14. The van der Waals surface area contributed by atoms with Crippen LogP contribution in [0, 0.1) is 0 Å². The maximum Gasteiger partial charge on any atom is 0.277 e. The molecule has 1 unspecified atom stereocenters. The number of amidine groups is 1. The van der Waals surface area contributed by atoms with Gasteiger partial charge in [0.15, 0.2) is 6.04 Å². The highest BCUT2D eigenvalue weighted by Gasteiger charge is 2.35. The number of fused-ring (bicyclic) bond motifs is 1. The number of rotatable bonds is 5. The standard InChI is InChI=1S/C12H18N4O/c1-3-5-7-8-10-11(16-15-8)12(17)14-9(13-10)6-4-2/h11,16H,3-7H2,1-2H3. The molecule has 0 aromatic carbocycles. The molecule has 1 atom stereocenters. The molecule has 0 aliphatic carbocycles. The van der Waals surface area contributed by atoms with Crippen molar-refractivity contribution in [2.24, 2.45) is 15.1 Å². The number of hydrogen-bond donors (Lipinski definition) is 1. The predicted molar refractivity (Wildman–Crippen MR) is 68.7 cm³/mol. The van der Waals surface area contributed by atoms with E-state index in [1.807, 2.05) is 0 Å². The van der Waals surface area contributed by atoms with Gasteiger partial charge in [-0.15, -0.1) is 0 Å². The lowest BCUT2D eigenvalue weighted by Crippen LogP contribution is -2.40. The molecule has 2 aliphatic rings. The lowest BCUT2D eigenvalue weighted by atomic mass is 10.0. The van der Waals surface area contributed by atoms with Gasteiger partial charge in [-0.3, -0.25) is 10.2 Å². The number of carbonyl (C=O) groups is 1. The van der Waals surface area contributed by atoms with Crippen molar-refractivity contribution >= 4 is 23.2 Å². The van der Waals surface area contributed by atoms with Crippen LogP contribution in [0.5, 0.6) is 0 Å². The van der Waals surface area contributed by atoms with Crippen molar-refractivity contribution in [3.05, 3.63) is 0 Å². The second-order valence-corrected chi connectivity index (χ2v) is 4.34. The van der Waals surface area contributed by atoms with Crippen LogP contribution in [0.3, 0.4) is 0 Å². The minimum atomic E-state index is -0.428. The molecule has 2 rings (SSSR count). The minimum absolute atomic E-state index is 0.159. The largest absolute Gasteiger partial charge is 0.291 e. The third-order valence-corrected chi connectivity index (χ3v) is 2.87. The summed E-state index contributed by atoms with van der Waals surface area (Å²) in [6.07, 6.45) is 4.76. The maximum absolute atomic E-state index is 11.8. The van der Waals surface area contributed by atoms with Crippen LogP contribution in [-0.2, 0) is 4.79 Å². The van der Waals surface area contributed by atoms with Crippen LogP contribution in [0.4, 0.5) is 0 Å². The molecule has 2 aliphatic heterocycles. The first kappa shape index (κ1) is 12.0. The summed E-state index contributed by atoms with van der Waals surface area (Å²) in [4.78, 5) is 20.2. The van der Waals surface area contributed by atoms with E-state index in [9.17, 15) is 4.79 Å². The SMILES string of the molecule is CCCCC1=NNC2C(=O)N=C(CCC)N=C12. The fraction of sp³-hybridized carbons (Fsp3) is 0.667. The number of hydrogen-bond acceptors (Lipinski definition) is 4. The molecule has 0 saturated carbocycles. The smallest absolute Gasteiger partial charge is 0.277 e. The Bertz CT molecular complexity index is 409. The summed E-state index contributed by atoms with van der Waals surface area (Å²) in [6.45, 7) is 4.19. The monoisotopic (exact) mass is 234 g/mol. The van der Waals surface area contributed by atoms with Crippen LogP contribution in [0.1, 0.15) is 46.0 Å². The van der Waals surface area contributed by atoms with Gasteiger partial charge in [-0.25, -0.2) is 4.99 Å². The molecule has 0 bridgehead atoms. The summed E-state index contributed by atoms with van der Waals surface area (Å²) in [5.74, 6) is 0.491. The molecule has 5 nitrogen and oxygen atoms in total. The highest BCUT2D eigenvalue weighted by molar-refractivity contribution is 6.51. The average molecular weight is 234 g/mol. The van der Waals surface area contributed by atoms with Crippen molar-refractivity contribution in [2.45, 2.75) is 52.0 Å². The molecule has 0 aromatic rings. The van der Waals surface area contributed by atoms with E-state index in [1.54, 1.807) is 0 Å². The van der Waals surface area contributed by atoms with Gasteiger partial charge < -0.3 is 0 Å². The van der Waals surface area contributed by atoms with E-state index in [0.717, 1.165) is 43.5 Å². The fourth-order valence-corrected chi connectivity index (χ4v) is 1.95. The zero-order valence-corrected chi connectivity index (χ0v) is 10.4. The number of aliphatic imine (C=N–C) groups is 2. The first-order valence-electron chi connectivity index (χ1n) is 6.28. The Morgan fingerprint density at radius 3 is 2.71 bits per heavy atom. The molecular weight excluding hydrogens is 216 g/mol. The normalized spacial score (nSPS) is 22.6. The quantitative estimate of drug-likeness (QED) is 0.786. The Hall–Kier alpha value is -1.52. The van der Waals surface area contributed by atoms with E-state index in [4.69, 9.17) is 0 Å². The zero-order chi connectivity index (χ0) is 12.3. The van der Waals surface area contributed by atoms with Crippen LogP contribution >= 0.6 is 0 Å². The van der Waals surface area contributed by atoms with Crippen molar-refractivity contribution in [1.29, 1.82) is 0 Å². The number of amides is 1. The van der Waals surface area contributed by atoms with Gasteiger partial charge >= 0.3 is 0 Å². The molecule has 2 heterocycles. The number of carbonyl (C=O) groups excluding carboxylic acids is 1. The third-order valence-electron chi connectivity index (χ3n) is 2.87. The number of nitrogens with zero attached hydrogens (tertiary/aromatic N) is 3. The molecule has 0 saturated heterocycles. The van der Waals surface area contributed by atoms with Crippen molar-refractivity contribution in [1.82, 2.24) is 5.43 Å². The molecule has 17 heavy (non-hydrogen) atoms. The van der Waals surface area contributed by atoms with Crippen LogP contribution in [-0.4, -0.2) is 29.2 Å². The topological polar surface area (TPSA) is 66.2 Å². The van der Waals surface area contributed by atoms with E-state index >= 15 is 0 Å². The fourth-order valence-electron chi connectivity index (χ4n) is 1.95. The molecule has 0 fully saturated rings. The van der Waals surface area contributed by atoms with Crippen LogP contribution in [0.2, 0.25) is 0 Å². The second kappa shape index (κ2) is 5.21. The summed E-state index contributed by atoms with van der Waals surface area (Å²) in [7, 11) is 0. The van der Waals surface area contributed by atoms with Gasteiger partial charge in [0.1, 0.15) is 5.84 Å². The van der Waals surface area contributed by atoms with Gasteiger partial charge in [-0.05, 0) is 19.3 Å². The van der Waals surface area contributed by atoms with E-state index < -0.39 is 6.04 Å². The number of unbranched alkanes of at least 4 members (excludes halogenated alkanes) is 1. The highest BCUT2D eigenvalue weighted by atomic mass is 16.2. The number of nitrogens with one attached hydrogen (secondary N) is 1. The van der Waals surface area contributed by atoms with Gasteiger partial charge in [0.25, 0.3) is 5.91 Å². The van der Waals surface area contributed by atoms with Gasteiger partial charge in [0.05, 0.1) is 11.4 Å². The molecule has 5 heteroatoms. The summed E-state index contributed by atoms with van der Waals surface area (Å²) in [6, 6.07) is -0.428. The Balaban J connectivity index is 2.16. The summed E-state index contributed by atoms with van der Waals surface area (Å²) in [5, 5.41) is 4.20. The molecular formula is C12H18N4O. The third kappa shape index (κ3) is 2.43. The zero-order valence-electron chi connectivity index (χ0n) is 10.4. The molecule has 1 amide bonds. The molecule has 1 N–H and O–H groups in total. The summed E-state index contributed by atoms with van der Waals surface area (Å²) >= 11 is 0. The van der Waals surface area contributed by atoms with E-state index in [1.165, 1.54) is 0 Å². The van der Waals surface area contributed by atoms with Gasteiger partial charge in [0.2, 0.25) is 0 Å². The van der Waals surface area contributed by atoms with E-state index in [-0.39, 0.29) is 5.91 Å². The van der Waals surface area contributed by atoms with Gasteiger partial charge in [0, 0.05) is 6.42 Å². The van der Waals surface area contributed by atoms with Crippen LogP contribution in [0.15, 0.2) is 15.1 Å². The van der Waals surface area contributed by atoms with Crippen molar-refractivity contribution in [3.63, 3.8) is 0 Å². The lowest BCUT2D eigenvalue weighted by molar-refractivity contribution is -0.118. The maximum atomic E-state index is 11.8. The van der Waals surface area contributed by atoms with Crippen LogP contribution in [0.25, 0.3) is 0 Å². The summed E-state index contributed by atoms with van der Waals surface area (Å²) < 4.78 is 0. The summed E-state index contributed by atoms with van der Waals surface area (Å²) in [5.41, 5.74) is 4.55. The van der Waals surface area contributed by atoms with Crippen LogP contribution < -0.4 is 5.43 Å². The first-order chi connectivity index (χ1) is 8.26. The van der Waals surface area contributed by atoms with E-state index in [0.29, 0.717) is 5.84 Å². The second-order valence-electron chi connectivity index (χ2n) is 4.34. The molecule has 92 valence electrons. The molecule has 0 radical (unpaired) electrons. The van der Waals surface area contributed by atoms with Gasteiger partial charge in [-0.1, -0.05) is 20.3 Å². The van der Waals surface area contributed by atoms with Crippen molar-refractivity contribution < 1.29 is 4.79 Å². The Morgan fingerprint density at radius 2 is 2.00 bits per heavy atom. The van der Waals surface area contributed by atoms with Crippen molar-refractivity contribution in [2.75, 3.05) is 0 Å². The minimum Gasteiger partial charge on any atom is -0.291 e. The van der Waals surface area contributed by atoms with Gasteiger partial charge in [-0.2, -0.15) is 10.1 Å². The molecule has 0 aromatic heterocycles. The van der Waals surface area contributed by atoms with Crippen molar-refractivity contribution in [3.8, 4) is 0 Å². The van der Waals surface area contributed by atoms with E-state index in [2.05, 4.69) is 34.4 Å². The number of hydrazone groups is 1. The Kier molecular flexibility index (Phi) is 3.66. The first-order valence-corrected chi connectivity index (χ1v) is 6.28. The average Bonchev–Trinajstić information content (AvgIpc) is 2.70. The Morgan fingerprint density at radius 1 is 1.18 bits per heavy atom. The lowest BCUT2D eigenvalue weighted by Gasteiger charge is -2.14. The molecule has 0 spiro atoms.